The molecule has 0 aliphatic heterocycles. The van der Waals surface area contributed by atoms with Gasteiger partial charge in [0.15, 0.2) is 12.2 Å². The number of aliphatic hydroxyl groups excluding tert-OH is 1. The number of rotatable bonds is 68. The van der Waals surface area contributed by atoms with Gasteiger partial charge in [0.25, 0.3) is 0 Å². The predicted molar refractivity (Wildman–Crippen MR) is 363 cm³/mol. The zero-order valence-electron chi connectivity index (χ0n) is 58.8. The molecule has 0 aromatic carbocycles. The lowest BCUT2D eigenvalue weighted by Crippen LogP contribution is -2.30. The van der Waals surface area contributed by atoms with Crippen molar-refractivity contribution >= 4 is 39.5 Å². The van der Waals surface area contributed by atoms with E-state index in [-0.39, 0.29) is 25.7 Å². The minimum Gasteiger partial charge on any atom is -0.462 e. The van der Waals surface area contributed by atoms with Crippen LogP contribution in [0.15, 0.2) is 0 Å². The molecule has 0 aromatic heterocycles. The van der Waals surface area contributed by atoms with Crippen molar-refractivity contribution in [2.75, 3.05) is 39.6 Å². The fraction of sp³-hybridized carbons (Fsp3) is 0.944. The van der Waals surface area contributed by atoms with Crippen LogP contribution in [0.5, 0.6) is 0 Å². The van der Waals surface area contributed by atoms with Crippen LogP contribution in [-0.2, 0) is 65.4 Å². The number of aliphatic hydroxyl groups is 1. The number of phosphoric ester groups is 2. The number of esters is 4. The zero-order chi connectivity index (χ0) is 66.8. The fourth-order valence-electron chi connectivity index (χ4n) is 10.6. The molecule has 4 unspecified atom stereocenters. The van der Waals surface area contributed by atoms with Gasteiger partial charge in [0, 0.05) is 25.7 Å². The molecule has 3 N–H and O–H groups in total. The lowest BCUT2D eigenvalue weighted by Gasteiger charge is -2.21. The van der Waals surface area contributed by atoms with Crippen molar-refractivity contribution in [3.63, 3.8) is 0 Å². The van der Waals surface area contributed by atoms with Gasteiger partial charge in [0.05, 0.1) is 26.4 Å². The quantitative estimate of drug-likeness (QED) is 0.0222. The Morgan fingerprint density at radius 3 is 0.789 bits per heavy atom. The number of unbranched alkanes of at least 4 members (excludes halogenated alkanes) is 33. The van der Waals surface area contributed by atoms with Crippen LogP contribution in [0.2, 0.25) is 0 Å². The van der Waals surface area contributed by atoms with Crippen molar-refractivity contribution < 1.29 is 80.2 Å². The molecule has 0 saturated heterocycles. The van der Waals surface area contributed by atoms with Gasteiger partial charge in [-0.3, -0.25) is 37.3 Å². The molecule has 90 heavy (non-hydrogen) atoms. The molecule has 0 radical (unpaired) electrons. The van der Waals surface area contributed by atoms with E-state index in [4.69, 9.17) is 37.0 Å². The molecule has 17 nitrogen and oxygen atoms in total. The van der Waals surface area contributed by atoms with Gasteiger partial charge in [-0.2, -0.15) is 0 Å². The second-order valence-electron chi connectivity index (χ2n) is 27.3. The summed E-state index contributed by atoms with van der Waals surface area (Å²) < 4.78 is 68.3. The van der Waals surface area contributed by atoms with E-state index in [1.54, 1.807) is 0 Å². The van der Waals surface area contributed by atoms with Crippen LogP contribution in [0.4, 0.5) is 0 Å². The van der Waals surface area contributed by atoms with Crippen molar-refractivity contribution in [2.24, 2.45) is 23.7 Å². The van der Waals surface area contributed by atoms with Crippen molar-refractivity contribution in [3.8, 4) is 0 Å². The fourth-order valence-corrected chi connectivity index (χ4v) is 12.2. The molecule has 0 aliphatic rings. The number of hydrogen-bond donors (Lipinski definition) is 3. The van der Waals surface area contributed by atoms with Crippen molar-refractivity contribution in [1.29, 1.82) is 0 Å². The summed E-state index contributed by atoms with van der Waals surface area (Å²) in [5.41, 5.74) is 0. The maximum absolute atomic E-state index is 13.0. The first-order chi connectivity index (χ1) is 43.1. The highest BCUT2D eigenvalue weighted by molar-refractivity contribution is 7.47. The molecule has 6 atom stereocenters. The molecule has 0 aromatic rings. The van der Waals surface area contributed by atoms with E-state index in [0.29, 0.717) is 31.6 Å². The van der Waals surface area contributed by atoms with Gasteiger partial charge in [0.2, 0.25) is 0 Å². The Balaban J connectivity index is 5.25. The normalized spacial score (nSPS) is 14.6. The first-order valence-corrected chi connectivity index (χ1v) is 39.7. The highest BCUT2D eigenvalue weighted by Gasteiger charge is 2.30. The van der Waals surface area contributed by atoms with E-state index in [2.05, 4.69) is 55.4 Å². The average Bonchev–Trinajstić information content (AvgIpc) is 2.83. The van der Waals surface area contributed by atoms with E-state index in [0.717, 1.165) is 120 Å². The summed E-state index contributed by atoms with van der Waals surface area (Å²) in [4.78, 5) is 72.6. The molecule has 0 spiro atoms. The summed E-state index contributed by atoms with van der Waals surface area (Å²) in [6.45, 7) is 14.1. The number of ether oxygens (including phenoxy) is 4. The Labute approximate surface area is 549 Å². The molecular weight excluding hydrogens is 1190 g/mol. The average molecular weight is 1330 g/mol. The van der Waals surface area contributed by atoms with E-state index in [1.165, 1.54) is 141 Å². The Bertz CT molecular complexity index is 1780. The highest BCUT2D eigenvalue weighted by Crippen LogP contribution is 2.45. The molecule has 19 heteroatoms. The van der Waals surface area contributed by atoms with Crippen LogP contribution >= 0.6 is 15.6 Å². The Kier molecular flexibility index (Phi) is 59.4. The van der Waals surface area contributed by atoms with Gasteiger partial charge in [-0.15, -0.1) is 0 Å². The molecule has 0 fully saturated rings. The van der Waals surface area contributed by atoms with Gasteiger partial charge in [-0.1, -0.05) is 299 Å². The summed E-state index contributed by atoms with van der Waals surface area (Å²) in [5, 5.41) is 10.6. The predicted octanol–water partition coefficient (Wildman–Crippen LogP) is 20.1. The minimum atomic E-state index is -4.95. The molecule has 0 heterocycles. The van der Waals surface area contributed by atoms with Crippen LogP contribution in [0, 0.1) is 23.7 Å². The van der Waals surface area contributed by atoms with E-state index in [1.807, 2.05) is 0 Å². The van der Waals surface area contributed by atoms with Gasteiger partial charge >= 0.3 is 39.5 Å². The maximum Gasteiger partial charge on any atom is 0.472 e. The van der Waals surface area contributed by atoms with Crippen molar-refractivity contribution in [1.82, 2.24) is 0 Å². The van der Waals surface area contributed by atoms with Crippen LogP contribution in [0.1, 0.15) is 351 Å². The molecular formula is C71H138O17P2. The third-order valence-electron chi connectivity index (χ3n) is 16.7. The molecule has 0 bridgehead atoms. The summed E-state index contributed by atoms with van der Waals surface area (Å²) >= 11 is 0. The van der Waals surface area contributed by atoms with Crippen LogP contribution in [-0.4, -0.2) is 96.7 Å². The summed E-state index contributed by atoms with van der Waals surface area (Å²) in [6.07, 6.45) is 43.1. The minimum absolute atomic E-state index is 0.105. The Hall–Kier alpha value is -1.94. The molecule has 0 saturated carbocycles. The van der Waals surface area contributed by atoms with Crippen molar-refractivity contribution in [3.05, 3.63) is 0 Å². The van der Waals surface area contributed by atoms with E-state index >= 15 is 0 Å². The largest absolute Gasteiger partial charge is 0.472 e. The van der Waals surface area contributed by atoms with Crippen LogP contribution in [0.3, 0.4) is 0 Å². The number of carbonyl (C=O) groups is 4. The lowest BCUT2D eigenvalue weighted by atomic mass is 10.00. The maximum atomic E-state index is 13.0. The first kappa shape index (κ1) is 88.1. The zero-order valence-corrected chi connectivity index (χ0v) is 60.6. The van der Waals surface area contributed by atoms with Crippen molar-refractivity contribution in [2.45, 2.75) is 369 Å². The molecule has 0 rings (SSSR count). The number of phosphoric acid groups is 2. The molecule has 0 aliphatic carbocycles. The summed E-state index contributed by atoms with van der Waals surface area (Å²) in [7, 11) is -9.90. The third-order valence-corrected chi connectivity index (χ3v) is 18.6. The van der Waals surface area contributed by atoms with Gasteiger partial charge in [0.1, 0.15) is 19.3 Å². The second kappa shape index (κ2) is 60.7. The van der Waals surface area contributed by atoms with Crippen LogP contribution in [0.25, 0.3) is 0 Å². The number of carbonyl (C=O) groups excluding carboxylic acids is 4. The van der Waals surface area contributed by atoms with Gasteiger partial charge in [-0.05, 0) is 49.4 Å². The van der Waals surface area contributed by atoms with Gasteiger partial charge < -0.3 is 33.8 Å². The highest BCUT2D eigenvalue weighted by atomic mass is 31.2. The SMILES string of the molecule is CCC(C)CCCCCCCCC(=O)OC[C@H](COP(=O)(O)OCC(O)COP(=O)(O)OC[C@@H](COC(=O)CCCCCCCCCC(C)C)OC(=O)CCCCCCCCCCCCCCC(C)C)OC(=O)CCCCCCCCCCCCCCC(C)C. The monoisotopic (exact) mass is 1320 g/mol. The lowest BCUT2D eigenvalue weighted by molar-refractivity contribution is -0.161. The summed E-state index contributed by atoms with van der Waals surface area (Å²) in [5.74, 6) is 0.860. The van der Waals surface area contributed by atoms with E-state index in [9.17, 15) is 43.2 Å². The smallest absolute Gasteiger partial charge is 0.462 e. The standard InChI is InChI=1S/C71H138O17P2/c1-9-64(8)50-42-34-29-30-36-44-52-69(74)82-58-67(88-71(76)54-46-38-27-21-17-13-11-15-19-24-32-40-48-62(4)5)60-86-90(79,80)84-56-65(72)55-83-89(77,78)85-59-66(57-81-68(73)51-43-35-28-22-25-33-41-49-63(6)7)87-70(75)53-45-37-26-20-16-12-10-14-18-23-31-39-47-61(2)3/h61-67,72H,9-60H2,1-8H3,(H,77,78)(H,79,80)/t64?,65?,66-,67-/m1/s1. The Morgan fingerprint density at radius 2 is 0.533 bits per heavy atom. The second-order valence-corrected chi connectivity index (χ2v) is 30.2. The Morgan fingerprint density at radius 1 is 0.311 bits per heavy atom. The summed E-state index contributed by atoms with van der Waals surface area (Å²) in [6, 6.07) is 0. The number of hydrogen-bond acceptors (Lipinski definition) is 15. The third kappa shape index (κ3) is 63.5. The topological polar surface area (TPSA) is 237 Å². The molecule has 0 amide bonds. The van der Waals surface area contributed by atoms with Crippen LogP contribution < -0.4 is 0 Å². The van der Waals surface area contributed by atoms with E-state index < -0.39 is 97.5 Å². The van der Waals surface area contributed by atoms with Gasteiger partial charge in [-0.25, -0.2) is 9.13 Å². The first-order valence-electron chi connectivity index (χ1n) is 36.7. The molecule has 534 valence electrons.